The molecule has 0 spiro atoms. The molecule has 1 unspecified atom stereocenters. The van der Waals surface area contributed by atoms with E-state index in [0.717, 1.165) is 91.0 Å². The third-order valence-electron chi connectivity index (χ3n) is 17.4. The van der Waals surface area contributed by atoms with Crippen molar-refractivity contribution in [3.05, 3.63) is 194 Å². The number of carboxylic acids is 2. The molecule has 0 radical (unpaired) electrons. The van der Waals surface area contributed by atoms with Crippen LogP contribution in [0.15, 0.2) is 162 Å². The summed E-state index contributed by atoms with van der Waals surface area (Å²) in [5, 5.41) is 38.3. The van der Waals surface area contributed by atoms with E-state index >= 15 is 0 Å². The van der Waals surface area contributed by atoms with Gasteiger partial charge >= 0.3 is 11.9 Å². The Bertz CT molecular complexity index is 3960. The number of carbonyl (C=O) groups is 2. The van der Waals surface area contributed by atoms with Gasteiger partial charge in [-0.25, -0.2) is 9.59 Å². The van der Waals surface area contributed by atoms with Crippen LogP contribution in [0.5, 0.6) is 0 Å². The van der Waals surface area contributed by atoms with Crippen LogP contribution in [0.1, 0.15) is 143 Å². The lowest BCUT2D eigenvalue weighted by Crippen LogP contribution is -2.34. The van der Waals surface area contributed by atoms with Crippen LogP contribution in [0, 0.1) is 28.6 Å². The monoisotopic (exact) mass is 1170 g/mol. The number of hydrogen-bond acceptors (Lipinski definition) is 9. The fraction of sp³-hybridized carbons (Fsp3) is 0.278. The third-order valence-corrected chi connectivity index (χ3v) is 22.1. The first-order valence-corrected chi connectivity index (χ1v) is 32.5. The van der Waals surface area contributed by atoms with Crippen molar-refractivity contribution in [1.29, 1.82) is 10.5 Å². The molecule has 0 bridgehead atoms. The van der Waals surface area contributed by atoms with Crippen molar-refractivity contribution < 1.29 is 19.8 Å². The van der Waals surface area contributed by atoms with Crippen LogP contribution in [0.3, 0.4) is 0 Å². The minimum absolute atomic E-state index is 0.0540. The maximum atomic E-state index is 11.9. The molecule has 0 saturated heterocycles. The lowest BCUT2D eigenvalue weighted by molar-refractivity contribution is -0.133. The molecule has 2 N–H and O–H groups in total. The van der Waals surface area contributed by atoms with E-state index in [1.165, 1.54) is 124 Å². The normalized spacial score (nSPS) is 15.6. The summed E-state index contributed by atoms with van der Waals surface area (Å²) < 4.78 is 0. The highest BCUT2D eigenvalue weighted by molar-refractivity contribution is 7.28. The zero-order chi connectivity index (χ0) is 57.8. The highest BCUT2D eigenvalue weighted by Crippen LogP contribution is 2.60. The number of hydrogen-bond donors (Lipinski definition) is 2. The van der Waals surface area contributed by atoms with E-state index < -0.39 is 11.9 Å². The molecular weight excluding hydrogens is 1100 g/mol. The van der Waals surface area contributed by atoms with Crippen LogP contribution in [0.2, 0.25) is 0 Å². The number of unbranched alkanes of at least 4 members (excludes halogenated alkanes) is 4. The van der Waals surface area contributed by atoms with E-state index in [9.17, 15) is 30.3 Å². The summed E-state index contributed by atoms with van der Waals surface area (Å²) >= 11 is 6.24. The number of thiophene rings is 4. The quantitative estimate of drug-likeness (QED) is 0.0483. The Balaban J connectivity index is 1.03. The molecule has 0 aliphatic heterocycles. The lowest BCUT2D eigenvalue weighted by Gasteiger charge is -2.41. The van der Waals surface area contributed by atoms with Crippen LogP contribution in [0.4, 0.5) is 11.4 Å². The molecular formula is C72H67N3O4S4. The van der Waals surface area contributed by atoms with E-state index in [-0.39, 0.29) is 22.0 Å². The van der Waals surface area contributed by atoms with Crippen molar-refractivity contribution in [2.45, 2.75) is 122 Å². The fourth-order valence-electron chi connectivity index (χ4n) is 13.4. The third kappa shape index (κ3) is 10.9. The second kappa shape index (κ2) is 24.7. The minimum Gasteiger partial charge on any atom is -0.477 e. The van der Waals surface area contributed by atoms with Crippen molar-refractivity contribution in [3.8, 4) is 63.7 Å². The molecule has 4 aromatic heterocycles. The molecule has 11 heteroatoms. The number of aliphatic carboxylic acids is 2. The fourth-order valence-corrected chi connectivity index (χ4v) is 17.8. The first kappa shape index (κ1) is 57.2. The van der Waals surface area contributed by atoms with Gasteiger partial charge in [0.15, 0.2) is 0 Å². The first-order chi connectivity index (χ1) is 40.5. The van der Waals surface area contributed by atoms with Gasteiger partial charge in [0.25, 0.3) is 0 Å². The van der Waals surface area contributed by atoms with Gasteiger partial charge < -0.3 is 15.1 Å². The zero-order valence-corrected chi connectivity index (χ0v) is 50.7. The second-order valence-corrected chi connectivity index (χ2v) is 26.6. The average Bonchev–Trinajstić information content (AvgIpc) is 3.67. The van der Waals surface area contributed by atoms with Crippen LogP contribution in [-0.2, 0) is 20.4 Å². The van der Waals surface area contributed by atoms with Crippen LogP contribution >= 0.6 is 45.3 Å². The molecule has 3 aliphatic carbocycles. The van der Waals surface area contributed by atoms with E-state index in [2.05, 4.69) is 154 Å². The highest BCUT2D eigenvalue weighted by atomic mass is 32.1. The number of nitrogens with zero attached hydrogens (tertiary/aromatic N) is 3. The molecule has 0 saturated carbocycles. The van der Waals surface area contributed by atoms with Gasteiger partial charge in [0.2, 0.25) is 0 Å². The molecule has 418 valence electrons. The Kier molecular flexibility index (Phi) is 17.0. The Hall–Kier alpha value is -7.64. The van der Waals surface area contributed by atoms with Gasteiger partial charge in [0, 0.05) is 67.6 Å². The summed E-state index contributed by atoms with van der Waals surface area (Å²) in [5.41, 5.74) is 15.2. The molecule has 1 atom stereocenters. The van der Waals surface area contributed by atoms with Gasteiger partial charge in [0.05, 0.1) is 4.88 Å². The standard InChI is InChI=1S/C72H67N3O4S4/c1-5-9-35-71(36-10-6-2)59-19-15-13-17-54(59)56-29-25-50(41-61(56)71)75(51-26-30-57-55-18-14-16-20-60(55)72(37-11-7-3,38-12-8-4)62(57)42-51)49-23-21-46(22-24-49)67-43-58(63-31-27-52(80-63)39-47(44-73)69(76)77)68(83-67)66-34-33-65(82-66)64-32-28-53(81-64)40-48(45-74)70(78)79/h13-34,39-41,43,62H,5-12,35-38,42H2,1-4H3,(H,76,77)(H,78,79)/b47-39+,48-40+. The molecule has 83 heavy (non-hydrogen) atoms. The Labute approximate surface area is 504 Å². The summed E-state index contributed by atoms with van der Waals surface area (Å²) in [6, 6.07) is 52.7. The highest BCUT2D eigenvalue weighted by Gasteiger charge is 2.50. The Morgan fingerprint density at radius 1 is 0.542 bits per heavy atom. The number of allylic oxidation sites excluding steroid dienone is 4. The molecule has 0 amide bonds. The zero-order valence-electron chi connectivity index (χ0n) is 47.5. The summed E-state index contributed by atoms with van der Waals surface area (Å²) in [6.45, 7) is 9.31. The number of benzene rings is 4. The van der Waals surface area contributed by atoms with Crippen LogP contribution in [-0.4, -0.2) is 22.2 Å². The van der Waals surface area contributed by atoms with E-state index in [1.54, 1.807) is 28.7 Å². The minimum atomic E-state index is -1.26. The Morgan fingerprint density at radius 3 is 1.72 bits per heavy atom. The van der Waals surface area contributed by atoms with Gasteiger partial charge in [-0.1, -0.05) is 152 Å². The smallest absolute Gasteiger partial charge is 0.346 e. The second-order valence-electron chi connectivity index (χ2n) is 22.3. The van der Waals surface area contributed by atoms with E-state index in [0.29, 0.717) is 15.7 Å². The maximum Gasteiger partial charge on any atom is 0.346 e. The molecule has 3 aliphatic rings. The number of anilines is 2. The summed E-state index contributed by atoms with van der Waals surface area (Å²) in [5.74, 6) is -2.17. The largest absolute Gasteiger partial charge is 0.477 e. The SMILES string of the molecule is CCCCC1(CCCC)c2ccccc2-c2ccc(N(C3=CC=C4c5ccccc5C(CCCC)(CCCC)C4C3)c3ccc(-c4cc(-c5ccc(/C=C(\C#N)C(=O)O)s5)c(-c5ccc(-c6ccc(/C=C(\C#N)C(=O)O)s6)s5)s4)cc3)cc21. The molecule has 4 aromatic carbocycles. The van der Waals surface area contributed by atoms with Gasteiger partial charge in [-0.2, -0.15) is 10.5 Å². The van der Waals surface area contributed by atoms with Crippen molar-refractivity contribution in [3.63, 3.8) is 0 Å². The summed E-state index contributed by atoms with van der Waals surface area (Å²) in [6.07, 6.45) is 22.6. The summed E-state index contributed by atoms with van der Waals surface area (Å²) in [7, 11) is 0. The molecule has 8 aromatic rings. The van der Waals surface area contributed by atoms with Gasteiger partial charge in [-0.15, -0.1) is 45.3 Å². The van der Waals surface area contributed by atoms with E-state index in [4.69, 9.17) is 0 Å². The van der Waals surface area contributed by atoms with Crippen molar-refractivity contribution in [2.24, 2.45) is 5.92 Å². The predicted octanol–water partition coefficient (Wildman–Crippen LogP) is 21.0. The van der Waals surface area contributed by atoms with Gasteiger partial charge in [-0.05, 0) is 167 Å². The van der Waals surface area contributed by atoms with Crippen molar-refractivity contribution in [1.82, 2.24) is 0 Å². The number of carboxylic acid groups (broad SMARTS) is 2. The molecule has 7 nitrogen and oxygen atoms in total. The maximum absolute atomic E-state index is 11.9. The van der Waals surface area contributed by atoms with E-state index in [1.807, 2.05) is 30.3 Å². The predicted molar refractivity (Wildman–Crippen MR) is 347 cm³/mol. The topological polar surface area (TPSA) is 125 Å². The molecule has 0 fully saturated rings. The molecule has 11 rings (SSSR count). The van der Waals surface area contributed by atoms with Crippen LogP contribution in [0.25, 0.3) is 69.2 Å². The number of nitriles is 2. The Morgan fingerprint density at radius 2 is 1.08 bits per heavy atom. The molecule has 4 heterocycles. The number of rotatable bonds is 23. The van der Waals surface area contributed by atoms with Crippen molar-refractivity contribution >= 4 is 86.4 Å². The average molecular weight is 1170 g/mol. The first-order valence-electron chi connectivity index (χ1n) is 29.3. The number of fused-ring (bicyclic) bond motifs is 6. The van der Waals surface area contributed by atoms with Crippen LogP contribution < -0.4 is 4.90 Å². The van der Waals surface area contributed by atoms with Gasteiger partial charge in [-0.3, -0.25) is 0 Å². The lowest BCUT2D eigenvalue weighted by atomic mass is 9.65. The van der Waals surface area contributed by atoms with Crippen molar-refractivity contribution in [2.75, 3.05) is 4.90 Å². The summed E-state index contributed by atoms with van der Waals surface area (Å²) in [4.78, 5) is 33.6. The van der Waals surface area contributed by atoms with Gasteiger partial charge in [0.1, 0.15) is 23.3 Å².